The van der Waals surface area contributed by atoms with Crippen LogP contribution in [0.2, 0.25) is 0 Å². The predicted octanol–water partition coefficient (Wildman–Crippen LogP) is 0.261. The maximum Gasteiger partial charge on any atom is 0.276 e. The Bertz CT molecular complexity index is 223. The molecule has 0 spiro atoms. The molecule has 6 nitrogen and oxygen atoms in total. The zero-order valence-electron chi connectivity index (χ0n) is 8.02. The van der Waals surface area contributed by atoms with E-state index in [1.54, 1.807) is 19.0 Å². The molecule has 0 amide bonds. The van der Waals surface area contributed by atoms with Crippen LogP contribution in [0.3, 0.4) is 0 Å². The highest BCUT2D eigenvalue weighted by Crippen LogP contribution is 1.90. The first kappa shape index (κ1) is 11.4. The minimum Gasteiger partial charge on any atom is -0.369 e. The molecule has 13 heavy (non-hydrogen) atoms. The van der Waals surface area contributed by atoms with E-state index in [0.717, 1.165) is 6.20 Å². The maximum absolute atomic E-state index is 10.1. The summed E-state index contributed by atoms with van der Waals surface area (Å²) in [5.74, 6) is 0.251. The summed E-state index contributed by atoms with van der Waals surface area (Å²) in [5, 5.41) is 12.9. The first-order valence-electron chi connectivity index (χ1n) is 3.86. The van der Waals surface area contributed by atoms with Crippen LogP contribution in [0.1, 0.15) is 6.92 Å². The second-order valence-corrected chi connectivity index (χ2v) is 2.54. The van der Waals surface area contributed by atoms with E-state index in [9.17, 15) is 10.1 Å². The van der Waals surface area contributed by atoms with Crippen molar-refractivity contribution in [3.63, 3.8) is 0 Å². The van der Waals surface area contributed by atoms with E-state index in [-0.39, 0.29) is 5.82 Å². The van der Waals surface area contributed by atoms with Crippen LogP contribution in [0, 0.1) is 10.1 Å². The largest absolute Gasteiger partial charge is 0.369 e. The zero-order valence-corrected chi connectivity index (χ0v) is 8.02. The van der Waals surface area contributed by atoms with E-state index in [2.05, 4.69) is 10.3 Å². The molecular weight excluding hydrogens is 172 g/mol. The lowest BCUT2D eigenvalue weighted by molar-refractivity contribution is -0.403. The average Bonchev–Trinajstić information content (AvgIpc) is 1.99. The van der Waals surface area contributed by atoms with Gasteiger partial charge >= 0.3 is 0 Å². The monoisotopic (exact) mass is 186 g/mol. The van der Waals surface area contributed by atoms with Crippen molar-refractivity contribution in [2.24, 2.45) is 4.99 Å². The molecule has 0 fully saturated rings. The lowest BCUT2D eigenvalue weighted by Gasteiger charge is -2.03. The third kappa shape index (κ3) is 6.79. The highest BCUT2D eigenvalue weighted by Gasteiger charge is 1.97. The van der Waals surface area contributed by atoms with Crippen LogP contribution in [0.15, 0.2) is 17.0 Å². The Kier molecular flexibility index (Phi) is 5.25. The Labute approximate surface area is 77.1 Å². The van der Waals surface area contributed by atoms with Crippen molar-refractivity contribution >= 4 is 6.34 Å². The van der Waals surface area contributed by atoms with Gasteiger partial charge in [-0.05, 0) is 6.92 Å². The van der Waals surface area contributed by atoms with E-state index >= 15 is 0 Å². The molecule has 0 aromatic carbocycles. The lowest BCUT2D eigenvalue weighted by Crippen LogP contribution is -2.15. The number of nitro groups is 1. The van der Waals surface area contributed by atoms with E-state index in [1.165, 1.54) is 6.34 Å². The summed E-state index contributed by atoms with van der Waals surface area (Å²) in [6.45, 7) is 2.45. The highest BCUT2D eigenvalue weighted by molar-refractivity contribution is 5.55. The molecule has 0 radical (unpaired) electrons. The molecule has 1 N–H and O–H groups in total. The molecule has 0 aromatic rings. The Balaban J connectivity index is 4.34. The Hall–Kier alpha value is -1.59. The Morgan fingerprint density at radius 2 is 2.31 bits per heavy atom. The average molecular weight is 186 g/mol. The molecule has 0 unspecified atom stereocenters. The van der Waals surface area contributed by atoms with Gasteiger partial charge in [0.25, 0.3) is 6.20 Å². The van der Waals surface area contributed by atoms with Crippen LogP contribution in [-0.4, -0.2) is 36.8 Å². The summed E-state index contributed by atoms with van der Waals surface area (Å²) in [6.07, 6.45) is 2.33. The molecule has 6 heteroatoms. The number of rotatable bonds is 5. The summed E-state index contributed by atoms with van der Waals surface area (Å²) in [4.78, 5) is 15.2. The molecule has 0 aliphatic carbocycles. The minimum atomic E-state index is -0.537. The van der Waals surface area contributed by atoms with Crippen molar-refractivity contribution in [1.29, 1.82) is 0 Å². The van der Waals surface area contributed by atoms with E-state index in [0.29, 0.717) is 6.54 Å². The molecular formula is C7H14N4O2. The lowest BCUT2D eigenvalue weighted by atomic mass is 10.6. The van der Waals surface area contributed by atoms with Crippen molar-refractivity contribution in [2.45, 2.75) is 6.92 Å². The van der Waals surface area contributed by atoms with Gasteiger partial charge in [-0.3, -0.25) is 10.1 Å². The first-order valence-corrected chi connectivity index (χ1v) is 3.86. The number of hydrogen-bond acceptors (Lipinski definition) is 4. The molecule has 0 aromatic heterocycles. The summed E-state index contributed by atoms with van der Waals surface area (Å²) >= 11 is 0. The van der Waals surface area contributed by atoms with Gasteiger partial charge in [0, 0.05) is 20.6 Å². The van der Waals surface area contributed by atoms with Crippen molar-refractivity contribution in [2.75, 3.05) is 20.6 Å². The third-order valence-electron chi connectivity index (χ3n) is 1.01. The van der Waals surface area contributed by atoms with Crippen LogP contribution in [-0.2, 0) is 0 Å². The van der Waals surface area contributed by atoms with Gasteiger partial charge in [0.2, 0.25) is 0 Å². The fraction of sp³-hybridized carbons (Fsp3) is 0.571. The predicted molar refractivity (Wildman–Crippen MR) is 50.9 cm³/mol. The molecule has 0 saturated heterocycles. The van der Waals surface area contributed by atoms with Gasteiger partial charge < -0.3 is 10.2 Å². The van der Waals surface area contributed by atoms with Crippen LogP contribution >= 0.6 is 0 Å². The van der Waals surface area contributed by atoms with E-state index < -0.39 is 4.92 Å². The van der Waals surface area contributed by atoms with Crippen molar-refractivity contribution in [3.05, 3.63) is 22.1 Å². The van der Waals surface area contributed by atoms with Gasteiger partial charge in [0.15, 0.2) is 5.82 Å². The second kappa shape index (κ2) is 5.99. The number of nitrogens with zero attached hydrogens (tertiary/aromatic N) is 3. The van der Waals surface area contributed by atoms with Gasteiger partial charge in [0.1, 0.15) is 0 Å². The van der Waals surface area contributed by atoms with Gasteiger partial charge in [-0.2, -0.15) is 0 Å². The highest BCUT2D eigenvalue weighted by atomic mass is 16.6. The van der Waals surface area contributed by atoms with Crippen LogP contribution in [0.4, 0.5) is 0 Å². The molecule has 0 aliphatic rings. The topological polar surface area (TPSA) is 70.8 Å². The first-order chi connectivity index (χ1) is 6.06. The number of nitrogens with one attached hydrogen (secondary N) is 1. The number of hydrogen-bond donors (Lipinski definition) is 1. The SMILES string of the molecule is CCNC(=C\[N+](=O)[O-])/N=C/N(C)C. The smallest absolute Gasteiger partial charge is 0.276 e. The van der Waals surface area contributed by atoms with Gasteiger partial charge in [-0.15, -0.1) is 0 Å². The molecule has 0 heterocycles. The van der Waals surface area contributed by atoms with Gasteiger partial charge in [0.05, 0.1) is 11.3 Å². The van der Waals surface area contributed by atoms with Gasteiger partial charge in [-0.1, -0.05) is 0 Å². The van der Waals surface area contributed by atoms with Crippen molar-refractivity contribution < 1.29 is 4.92 Å². The summed E-state index contributed by atoms with van der Waals surface area (Å²) < 4.78 is 0. The maximum atomic E-state index is 10.1. The molecule has 0 aliphatic heterocycles. The Morgan fingerprint density at radius 1 is 1.69 bits per heavy atom. The Morgan fingerprint density at radius 3 is 2.69 bits per heavy atom. The molecule has 0 bridgehead atoms. The molecule has 0 saturated carbocycles. The second-order valence-electron chi connectivity index (χ2n) is 2.54. The van der Waals surface area contributed by atoms with Crippen molar-refractivity contribution in [1.82, 2.24) is 10.2 Å². The number of aliphatic imine (C=N–C) groups is 1. The van der Waals surface area contributed by atoms with Gasteiger partial charge in [-0.25, -0.2) is 4.99 Å². The fourth-order valence-corrected chi connectivity index (χ4v) is 0.583. The quantitative estimate of drug-likeness (QED) is 0.289. The third-order valence-corrected chi connectivity index (χ3v) is 1.01. The molecule has 74 valence electrons. The normalized spacial score (nSPS) is 11.8. The van der Waals surface area contributed by atoms with Crippen LogP contribution < -0.4 is 5.32 Å². The van der Waals surface area contributed by atoms with Crippen LogP contribution in [0.25, 0.3) is 0 Å². The summed E-state index contributed by atoms with van der Waals surface area (Å²) in [7, 11) is 3.58. The standard InChI is InChI=1S/C7H14N4O2/c1-4-8-7(5-11(12)13)9-6-10(2)3/h5-6,8H,4H2,1-3H3/b7-5+,9-6+. The van der Waals surface area contributed by atoms with E-state index in [1.807, 2.05) is 6.92 Å². The molecule has 0 rings (SSSR count). The minimum absolute atomic E-state index is 0.251. The van der Waals surface area contributed by atoms with Crippen molar-refractivity contribution in [3.8, 4) is 0 Å². The molecule has 0 atom stereocenters. The zero-order chi connectivity index (χ0) is 10.3. The summed E-state index contributed by atoms with van der Waals surface area (Å²) in [6, 6.07) is 0. The van der Waals surface area contributed by atoms with Crippen LogP contribution in [0.5, 0.6) is 0 Å². The fourth-order valence-electron chi connectivity index (χ4n) is 0.583. The summed E-state index contributed by atoms with van der Waals surface area (Å²) in [5.41, 5.74) is 0. The van der Waals surface area contributed by atoms with E-state index in [4.69, 9.17) is 0 Å².